The van der Waals surface area contributed by atoms with Crippen LogP contribution in [-0.2, 0) is 5.54 Å². The molecule has 0 radical (unpaired) electrons. The summed E-state index contributed by atoms with van der Waals surface area (Å²) in [6, 6.07) is 6.60. The SMILES string of the molecule is CC(C)(N)c1ccc(C(=O)O)cc1. The van der Waals surface area contributed by atoms with E-state index in [1.165, 1.54) is 0 Å². The number of carbonyl (C=O) groups is 1. The molecule has 0 aliphatic carbocycles. The smallest absolute Gasteiger partial charge is 0.335 e. The topological polar surface area (TPSA) is 63.3 Å². The predicted molar refractivity (Wildman–Crippen MR) is 50.6 cm³/mol. The van der Waals surface area contributed by atoms with E-state index in [4.69, 9.17) is 10.8 Å². The van der Waals surface area contributed by atoms with Gasteiger partial charge in [-0.2, -0.15) is 0 Å². The number of benzene rings is 1. The van der Waals surface area contributed by atoms with E-state index in [0.29, 0.717) is 0 Å². The van der Waals surface area contributed by atoms with Crippen molar-refractivity contribution in [1.82, 2.24) is 0 Å². The normalized spacial score (nSPS) is 11.3. The Morgan fingerprint density at radius 2 is 1.77 bits per heavy atom. The van der Waals surface area contributed by atoms with Gasteiger partial charge in [-0.25, -0.2) is 4.79 Å². The molecule has 3 nitrogen and oxygen atoms in total. The van der Waals surface area contributed by atoms with Crippen LogP contribution in [0.4, 0.5) is 0 Å². The molecular weight excluding hydrogens is 166 g/mol. The summed E-state index contributed by atoms with van der Waals surface area (Å²) in [6.07, 6.45) is 0. The molecule has 0 bridgehead atoms. The van der Waals surface area contributed by atoms with Crippen LogP contribution in [0.5, 0.6) is 0 Å². The van der Waals surface area contributed by atoms with Gasteiger partial charge in [0.2, 0.25) is 0 Å². The van der Waals surface area contributed by atoms with Crippen molar-refractivity contribution in [2.75, 3.05) is 0 Å². The van der Waals surface area contributed by atoms with Crippen molar-refractivity contribution in [3.63, 3.8) is 0 Å². The van der Waals surface area contributed by atoms with Crippen LogP contribution in [0.2, 0.25) is 0 Å². The van der Waals surface area contributed by atoms with Crippen molar-refractivity contribution in [2.45, 2.75) is 19.4 Å². The first-order valence-electron chi connectivity index (χ1n) is 4.04. The highest BCUT2D eigenvalue weighted by Crippen LogP contribution is 2.16. The van der Waals surface area contributed by atoms with E-state index < -0.39 is 11.5 Å². The molecule has 0 aliphatic heterocycles. The molecule has 13 heavy (non-hydrogen) atoms. The molecule has 0 aromatic heterocycles. The summed E-state index contributed by atoms with van der Waals surface area (Å²) >= 11 is 0. The van der Waals surface area contributed by atoms with Crippen LogP contribution in [0, 0.1) is 0 Å². The molecule has 1 aromatic carbocycles. The van der Waals surface area contributed by atoms with Gasteiger partial charge in [-0.3, -0.25) is 0 Å². The van der Waals surface area contributed by atoms with E-state index in [0.717, 1.165) is 5.56 Å². The van der Waals surface area contributed by atoms with Crippen molar-refractivity contribution in [3.8, 4) is 0 Å². The Morgan fingerprint density at radius 1 is 1.31 bits per heavy atom. The lowest BCUT2D eigenvalue weighted by Gasteiger charge is -2.18. The van der Waals surface area contributed by atoms with E-state index in [1.807, 2.05) is 13.8 Å². The third-order valence-corrected chi connectivity index (χ3v) is 1.88. The van der Waals surface area contributed by atoms with E-state index in [9.17, 15) is 4.79 Å². The number of carboxylic acids is 1. The molecule has 0 saturated carbocycles. The standard InChI is InChI=1S/C10H13NO2/c1-10(2,11)8-5-3-7(4-6-8)9(12)13/h3-6H,11H2,1-2H3,(H,12,13). The van der Waals surface area contributed by atoms with Crippen LogP contribution in [0.1, 0.15) is 29.8 Å². The Kier molecular flexibility index (Phi) is 2.38. The molecule has 0 spiro atoms. The third kappa shape index (κ3) is 2.29. The maximum Gasteiger partial charge on any atom is 0.335 e. The quantitative estimate of drug-likeness (QED) is 0.724. The number of aromatic carboxylic acids is 1. The summed E-state index contributed by atoms with van der Waals surface area (Å²) in [5.41, 5.74) is 6.63. The molecule has 70 valence electrons. The van der Waals surface area contributed by atoms with Gasteiger partial charge in [0.25, 0.3) is 0 Å². The Balaban J connectivity index is 3.01. The maximum absolute atomic E-state index is 10.5. The molecule has 1 rings (SSSR count). The average Bonchev–Trinajstić information content (AvgIpc) is 2.03. The molecule has 1 aromatic rings. The van der Waals surface area contributed by atoms with Crippen LogP contribution >= 0.6 is 0 Å². The fourth-order valence-electron chi connectivity index (χ4n) is 1.04. The molecule has 0 saturated heterocycles. The third-order valence-electron chi connectivity index (χ3n) is 1.88. The molecule has 0 aliphatic rings. The van der Waals surface area contributed by atoms with Crippen molar-refractivity contribution in [3.05, 3.63) is 35.4 Å². The molecule has 0 atom stereocenters. The minimum Gasteiger partial charge on any atom is -0.478 e. The van der Waals surface area contributed by atoms with Gasteiger partial charge in [-0.1, -0.05) is 12.1 Å². The Bertz CT molecular complexity index is 309. The average molecular weight is 179 g/mol. The van der Waals surface area contributed by atoms with Gasteiger partial charge in [0.05, 0.1) is 5.56 Å². The van der Waals surface area contributed by atoms with Crippen molar-refractivity contribution in [2.24, 2.45) is 5.73 Å². The number of hydrogen-bond donors (Lipinski definition) is 2. The number of hydrogen-bond acceptors (Lipinski definition) is 2. The molecule has 3 N–H and O–H groups in total. The summed E-state index contributed by atoms with van der Waals surface area (Å²) in [5.74, 6) is -0.915. The van der Waals surface area contributed by atoms with Gasteiger partial charge in [0.15, 0.2) is 0 Å². The first kappa shape index (κ1) is 9.74. The summed E-state index contributed by atoms with van der Waals surface area (Å²) in [7, 11) is 0. The zero-order valence-corrected chi connectivity index (χ0v) is 7.74. The monoisotopic (exact) mass is 179 g/mol. The zero-order chi connectivity index (χ0) is 10.1. The Hall–Kier alpha value is -1.35. The summed E-state index contributed by atoms with van der Waals surface area (Å²) < 4.78 is 0. The van der Waals surface area contributed by atoms with Crippen molar-refractivity contribution < 1.29 is 9.90 Å². The highest BCUT2D eigenvalue weighted by atomic mass is 16.4. The highest BCUT2D eigenvalue weighted by molar-refractivity contribution is 5.87. The second kappa shape index (κ2) is 3.18. The number of nitrogens with two attached hydrogens (primary N) is 1. The summed E-state index contributed by atoms with van der Waals surface area (Å²) in [5, 5.41) is 8.65. The summed E-state index contributed by atoms with van der Waals surface area (Å²) in [4.78, 5) is 10.5. The number of rotatable bonds is 2. The predicted octanol–water partition coefficient (Wildman–Crippen LogP) is 1.58. The van der Waals surface area contributed by atoms with Gasteiger partial charge in [-0.15, -0.1) is 0 Å². The van der Waals surface area contributed by atoms with E-state index in [1.54, 1.807) is 24.3 Å². The first-order chi connectivity index (χ1) is 5.91. The van der Waals surface area contributed by atoms with Gasteiger partial charge in [0.1, 0.15) is 0 Å². The van der Waals surface area contributed by atoms with Gasteiger partial charge < -0.3 is 10.8 Å². The van der Waals surface area contributed by atoms with E-state index in [-0.39, 0.29) is 5.56 Å². The Morgan fingerprint density at radius 3 is 2.08 bits per heavy atom. The summed E-state index contributed by atoms with van der Waals surface area (Å²) in [6.45, 7) is 3.76. The fourth-order valence-corrected chi connectivity index (χ4v) is 1.04. The van der Waals surface area contributed by atoms with Gasteiger partial charge in [0, 0.05) is 5.54 Å². The first-order valence-corrected chi connectivity index (χ1v) is 4.04. The second-order valence-electron chi connectivity index (χ2n) is 3.60. The lowest BCUT2D eigenvalue weighted by Crippen LogP contribution is -2.28. The van der Waals surface area contributed by atoms with Gasteiger partial charge in [-0.05, 0) is 31.5 Å². The van der Waals surface area contributed by atoms with Gasteiger partial charge >= 0.3 is 5.97 Å². The lowest BCUT2D eigenvalue weighted by molar-refractivity contribution is 0.0697. The van der Waals surface area contributed by atoms with E-state index >= 15 is 0 Å². The van der Waals surface area contributed by atoms with Crippen LogP contribution in [-0.4, -0.2) is 11.1 Å². The largest absolute Gasteiger partial charge is 0.478 e. The minimum atomic E-state index is -0.915. The van der Waals surface area contributed by atoms with Crippen LogP contribution in [0.25, 0.3) is 0 Å². The second-order valence-corrected chi connectivity index (χ2v) is 3.60. The van der Waals surface area contributed by atoms with Crippen LogP contribution in [0.15, 0.2) is 24.3 Å². The molecule has 0 unspecified atom stereocenters. The van der Waals surface area contributed by atoms with Crippen molar-refractivity contribution in [1.29, 1.82) is 0 Å². The molecule has 0 amide bonds. The lowest BCUT2D eigenvalue weighted by atomic mass is 9.95. The van der Waals surface area contributed by atoms with Crippen LogP contribution < -0.4 is 5.73 Å². The zero-order valence-electron chi connectivity index (χ0n) is 7.74. The maximum atomic E-state index is 10.5. The fraction of sp³-hybridized carbons (Fsp3) is 0.300. The molecule has 0 fully saturated rings. The van der Waals surface area contributed by atoms with E-state index in [2.05, 4.69) is 0 Å². The minimum absolute atomic E-state index is 0.285. The van der Waals surface area contributed by atoms with Crippen molar-refractivity contribution >= 4 is 5.97 Å². The molecule has 3 heteroatoms. The molecular formula is C10H13NO2. The number of carboxylic acid groups (broad SMARTS) is 1. The molecule has 0 heterocycles. The van der Waals surface area contributed by atoms with Crippen LogP contribution in [0.3, 0.4) is 0 Å². The Labute approximate surface area is 77.2 Å². The highest BCUT2D eigenvalue weighted by Gasteiger charge is 2.13.